The van der Waals surface area contributed by atoms with E-state index in [1.165, 1.54) is 162 Å². The maximum absolute atomic E-state index is 13.4. The molecular weight excluding hydrogens is 1280 g/mol. The molecule has 0 aliphatic heterocycles. The van der Waals surface area contributed by atoms with Gasteiger partial charge in [0.25, 0.3) is 0 Å². The summed E-state index contributed by atoms with van der Waals surface area (Å²) in [7, 11) is 12.9. The minimum Gasteiger partial charge on any atom is -0.497 e. The van der Waals surface area contributed by atoms with Crippen molar-refractivity contribution in [2.24, 2.45) is 17.8 Å². The lowest BCUT2D eigenvalue weighted by Gasteiger charge is -2.32. The van der Waals surface area contributed by atoms with E-state index in [-0.39, 0.29) is 85.3 Å². The Kier molecular flexibility index (Phi) is 29.3. The predicted octanol–water partition coefficient (Wildman–Crippen LogP) is 8.33. The Morgan fingerprint density at radius 2 is 0.474 bits per heavy atom. The summed E-state index contributed by atoms with van der Waals surface area (Å²) in [5.41, 5.74) is -1.23. The molecule has 35 nitrogen and oxygen atoms in total. The average molecular weight is 1340 g/mol. The lowest BCUT2D eigenvalue weighted by Crippen LogP contribution is -2.37. The largest absolute Gasteiger partial charge is 0.549 e. The van der Waals surface area contributed by atoms with Crippen LogP contribution in [0.5, 0.6) is 57.5 Å². The highest BCUT2D eigenvalue weighted by atomic mass is 17.3. The first-order valence-electron chi connectivity index (χ1n) is 27.2. The van der Waals surface area contributed by atoms with Crippen LogP contribution in [0.25, 0.3) is 0 Å². The van der Waals surface area contributed by atoms with Crippen LogP contribution in [0.4, 0.5) is 24.0 Å². The Hall–Kier alpha value is -12.2. The first kappa shape index (κ1) is 73.5. The molecule has 5 rings (SSSR count). The average Bonchev–Trinajstić information content (AvgIpc) is 1.13. The molecular formula is C60H62O35. The van der Waals surface area contributed by atoms with Gasteiger partial charge in [0.05, 0.1) is 104 Å². The Bertz CT molecular complexity index is 3290. The van der Waals surface area contributed by atoms with E-state index in [1.807, 2.05) is 0 Å². The van der Waals surface area contributed by atoms with Crippen LogP contribution in [-0.4, -0.2) is 165 Å². The summed E-state index contributed by atoms with van der Waals surface area (Å²) < 4.78 is 78.2. The molecule has 0 spiro atoms. The zero-order valence-corrected chi connectivity index (χ0v) is 52.1. The second-order valence-electron chi connectivity index (χ2n) is 18.2. The second-order valence-corrected chi connectivity index (χ2v) is 18.2. The Balaban J connectivity index is 1.48. The van der Waals surface area contributed by atoms with E-state index >= 15 is 0 Å². The fourth-order valence-corrected chi connectivity index (χ4v) is 8.14. The van der Waals surface area contributed by atoms with Gasteiger partial charge in [0.15, 0.2) is 0 Å². The molecule has 5 aromatic rings. The van der Waals surface area contributed by atoms with Crippen LogP contribution >= 0.6 is 0 Å². The van der Waals surface area contributed by atoms with Crippen LogP contribution in [0, 0.1) is 17.8 Å². The van der Waals surface area contributed by atoms with Gasteiger partial charge in [0.1, 0.15) is 85.3 Å². The molecule has 512 valence electrons. The lowest BCUT2D eigenvalue weighted by atomic mass is 9.79. The van der Waals surface area contributed by atoms with Crippen LogP contribution in [0.15, 0.2) is 91.0 Å². The van der Waals surface area contributed by atoms with E-state index < -0.39 is 124 Å². The molecule has 0 radical (unpaired) electrons. The molecule has 0 heterocycles. The SMILES string of the molecule is COc1ccc(C(=O)OOC(=O)OCCC(COC(=O)OOC(=O)c2ccc(OC)cc2OC)C(COC(=O)OOC(=O)c2ccc(OC)cc2OC)C(CCOC(=O)OOC(=O)c2ccc(OC)cc2OC)COC(=O)OOC(=O)c2ccc(OC)cc2OC)c(OC)c1. The standard InChI is InChI=1S/C60H62O35/c1-71-35-11-16-40(46(25-35)76-6)51(61)86-91-56(66)81-23-21-33(30-83-58(68)93-88-53(63)42-18-13-37(73-3)27-48(42)78-8)45(32-85-60(70)95-90-55(65)44-20-15-39(75-5)29-50(44)80-10)34(31-84-59(69)94-89-54(64)43-19-14-38(74-4)28-49(43)79-9)22-24-82-57(67)92-87-52(62)41-17-12-36(72-2)26-47(41)77-7/h11-20,25-29,33-34,45H,21-24,30-32H2,1-10H3. The third-order valence-electron chi connectivity index (χ3n) is 12.9. The van der Waals surface area contributed by atoms with Crippen molar-refractivity contribution < 1.29 is 168 Å². The summed E-state index contributed by atoms with van der Waals surface area (Å²) in [5.74, 6) is -9.69. The molecule has 0 saturated carbocycles. The van der Waals surface area contributed by atoms with Crippen LogP contribution in [0.2, 0.25) is 0 Å². The quantitative estimate of drug-likeness (QED) is 0.0188. The number of benzene rings is 5. The molecule has 0 aliphatic carbocycles. The summed E-state index contributed by atoms with van der Waals surface area (Å²) >= 11 is 0. The summed E-state index contributed by atoms with van der Waals surface area (Å²) in [4.78, 5) is 178. The van der Waals surface area contributed by atoms with Crippen molar-refractivity contribution in [3.05, 3.63) is 119 Å². The minimum absolute atomic E-state index is 0.0470. The van der Waals surface area contributed by atoms with Gasteiger partial charge in [-0.25, -0.2) is 72.8 Å². The molecule has 0 aromatic heterocycles. The van der Waals surface area contributed by atoms with Crippen molar-refractivity contribution in [1.82, 2.24) is 0 Å². The molecule has 2 atom stereocenters. The first-order valence-corrected chi connectivity index (χ1v) is 27.2. The summed E-state index contributed by atoms with van der Waals surface area (Å²) in [6.07, 6.45) is -9.62. The van der Waals surface area contributed by atoms with Crippen molar-refractivity contribution >= 4 is 60.6 Å². The number of carbonyl (C=O) groups excluding carboxylic acids is 10. The lowest BCUT2D eigenvalue weighted by molar-refractivity contribution is -0.210. The molecule has 0 saturated heterocycles. The molecule has 0 amide bonds. The molecule has 0 bridgehead atoms. The third kappa shape index (κ3) is 22.3. The number of ether oxygens (including phenoxy) is 15. The van der Waals surface area contributed by atoms with E-state index in [0.717, 1.165) is 0 Å². The van der Waals surface area contributed by atoms with Crippen LogP contribution < -0.4 is 47.4 Å². The van der Waals surface area contributed by atoms with E-state index in [0.29, 0.717) is 0 Å². The number of hydrogen-bond acceptors (Lipinski definition) is 35. The molecule has 0 N–H and O–H groups in total. The van der Waals surface area contributed by atoms with Crippen LogP contribution in [0.1, 0.15) is 64.6 Å². The van der Waals surface area contributed by atoms with Gasteiger partial charge in [-0.3, -0.25) is 0 Å². The summed E-state index contributed by atoms with van der Waals surface area (Å²) in [6.45, 7) is -4.48. The van der Waals surface area contributed by atoms with Gasteiger partial charge in [0, 0.05) is 48.1 Å². The van der Waals surface area contributed by atoms with Gasteiger partial charge in [-0.05, 0) is 73.5 Å². The van der Waals surface area contributed by atoms with Crippen molar-refractivity contribution in [2.45, 2.75) is 12.8 Å². The Morgan fingerprint density at radius 3 is 0.684 bits per heavy atom. The van der Waals surface area contributed by atoms with E-state index in [1.54, 1.807) is 0 Å². The second kappa shape index (κ2) is 37.8. The topological polar surface area (TPSA) is 401 Å². The highest BCUT2D eigenvalue weighted by Gasteiger charge is 2.36. The molecule has 5 aromatic carbocycles. The smallest absolute Gasteiger partial charge is 0.497 e. The highest BCUT2D eigenvalue weighted by molar-refractivity contribution is 5.95. The fourth-order valence-electron chi connectivity index (χ4n) is 8.14. The van der Waals surface area contributed by atoms with Gasteiger partial charge in [0.2, 0.25) is 0 Å². The van der Waals surface area contributed by atoms with Crippen LogP contribution in [-0.2, 0) is 72.6 Å². The molecule has 0 fully saturated rings. The van der Waals surface area contributed by atoms with Gasteiger partial charge >= 0.3 is 60.6 Å². The first-order chi connectivity index (χ1) is 45.8. The van der Waals surface area contributed by atoms with Crippen molar-refractivity contribution in [2.75, 3.05) is 104 Å². The van der Waals surface area contributed by atoms with Crippen molar-refractivity contribution in [1.29, 1.82) is 0 Å². The fraction of sp³-hybridized carbons (Fsp3) is 0.333. The van der Waals surface area contributed by atoms with Crippen LogP contribution in [0.3, 0.4) is 0 Å². The third-order valence-corrected chi connectivity index (χ3v) is 12.9. The van der Waals surface area contributed by atoms with E-state index in [2.05, 4.69) is 34.2 Å². The van der Waals surface area contributed by atoms with Gasteiger partial charge in [-0.2, -0.15) is 24.0 Å². The molecule has 35 heteroatoms. The zero-order chi connectivity index (χ0) is 69.4. The predicted molar refractivity (Wildman–Crippen MR) is 307 cm³/mol. The Morgan fingerprint density at radius 1 is 0.263 bits per heavy atom. The monoisotopic (exact) mass is 1340 g/mol. The van der Waals surface area contributed by atoms with Gasteiger partial charge in [-0.15, -0.1) is 0 Å². The normalized spacial score (nSPS) is 11.2. The number of rotatable bonds is 29. The minimum atomic E-state index is -1.75. The summed E-state index contributed by atoms with van der Waals surface area (Å²) in [5, 5.41) is 0. The Labute approximate surface area is 538 Å². The molecule has 0 aliphatic rings. The highest BCUT2D eigenvalue weighted by Crippen LogP contribution is 2.33. The maximum Gasteiger partial charge on any atom is 0.549 e. The summed E-state index contributed by atoms with van der Waals surface area (Å²) in [6, 6.07) is 19.5. The molecule has 2 unspecified atom stereocenters. The van der Waals surface area contributed by atoms with Gasteiger partial charge < -0.3 is 71.1 Å². The maximum atomic E-state index is 13.4. The number of hydrogen-bond donors (Lipinski definition) is 0. The zero-order valence-electron chi connectivity index (χ0n) is 52.1. The number of methoxy groups -OCH3 is 10. The van der Waals surface area contributed by atoms with Gasteiger partial charge in [-0.1, -0.05) is 0 Å². The number of carbonyl (C=O) groups is 10. The van der Waals surface area contributed by atoms with E-state index in [9.17, 15) is 47.9 Å². The molecule has 95 heavy (non-hydrogen) atoms. The van der Waals surface area contributed by atoms with Crippen molar-refractivity contribution in [3.8, 4) is 57.5 Å². The van der Waals surface area contributed by atoms with E-state index in [4.69, 9.17) is 85.7 Å². The van der Waals surface area contributed by atoms with Crippen molar-refractivity contribution in [3.63, 3.8) is 0 Å².